The fourth-order valence-corrected chi connectivity index (χ4v) is 3.59. The molecule has 0 spiro atoms. The van der Waals surface area contributed by atoms with Crippen LogP contribution in [0.5, 0.6) is 0 Å². The number of hydrogen-bond donors (Lipinski definition) is 3. The molecule has 8 heteroatoms. The lowest BCUT2D eigenvalue weighted by atomic mass is 10.2. The quantitative estimate of drug-likeness (QED) is 0.622. The molecule has 0 aliphatic carbocycles. The van der Waals surface area contributed by atoms with Crippen molar-refractivity contribution >= 4 is 27.3 Å². The summed E-state index contributed by atoms with van der Waals surface area (Å²) in [5.74, 6) is -0.226. The molecule has 2 rings (SSSR count). The average molecular weight is 353 g/mol. The Bertz CT molecular complexity index is 726. The van der Waals surface area contributed by atoms with E-state index < -0.39 is 10.0 Å². The highest BCUT2D eigenvalue weighted by Crippen LogP contribution is 2.13. The van der Waals surface area contributed by atoms with Gasteiger partial charge >= 0.3 is 0 Å². The van der Waals surface area contributed by atoms with Gasteiger partial charge in [-0.2, -0.15) is 0 Å². The van der Waals surface area contributed by atoms with Crippen molar-refractivity contribution in [2.75, 3.05) is 20.1 Å². The second-order valence-electron chi connectivity index (χ2n) is 4.79. The number of benzene rings is 1. The van der Waals surface area contributed by atoms with Crippen LogP contribution in [0.4, 0.5) is 0 Å². The van der Waals surface area contributed by atoms with Crippen LogP contribution in [0.3, 0.4) is 0 Å². The summed E-state index contributed by atoms with van der Waals surface area (Å²) in [6.45, 7) is 1.44. The second-order valence-corrected chi connectivity index (χ2v) is 7.59. The first-order chi connectivity index (χ1) is 11.0. The highest BCUT2D eigenvalue weighted by molar-refractivity contribution is 7.89. The molecule has 0 saturated carbocycles. The predicted octanol–water partition coefficient (Wildman–Crippen LogP) is 1.18. The van der Waals surface area contributed by atoms with E-state index in [0.717, 1.165) is 4.88 Å². The number of sulfonamides is 1. The van der Waals surface area contributed by atoms with E-state index in [1.807, 2.05) is 17.5 Å². The molecule has 1 aromatic carbocycles. The van der Waals surface area contributed by atoms with E-state index in [4.69, 9.17) is 0 Å². The number of nitrogens with one attached hydrogen (secondary N) is 3. The lowest BCUT2D eigenvalue weighted by molar-refractivity contribution is 0.0954. The van der Waals surface area contributed by atoms with Crippen molar-refractivity contribution in [2.24, 2.45) is 0 Å². The Morgan fingerprint density at radius 3 is 2.48 bits per heavy atom. The maximum absolute atomic E-state index is 12.2. The van der Waals surface area contributed by atoms with Crippen LogP contribution in [0, 0.1) is 0 Å². The molecule has 0 aliphatic rings. The Morgan fingerprint density at radius 2 is 1.87 bits per heavy atom. The van der Waals surface area contributed by atoms with Crippen molar-refractivity contribution in [3.8, 4) is 0 Å². The first-order valence-electron chi connectivity index (χ1n) is 7.08. The van der Waals surface area contributed by atoms with Gasteiger partial charge in [-0.3, -0.25) is 4.79 Å². The molecule has 6 nitrogen and oxygen atoms in total. The number of rotatable bonds is 8. The van der Waals surface area contributed by atoms with Gasteiger partial charge in [0.25, 0.3) is 5.91 Å². The van der Waals surface area contributed by atoms with Crippen LogP contribution in [-0.4, -0.2) is 34.5 Å². The van der Waals surface area contributed by atoms with Gasteiger partial charge in [0.2, 0.25) is 10.0 Å². The highest BCUT2D eigenvalue weighted by atomic mass is 32.2. The maximum atomic E-state index is 12.2. The third-order valence-electron chi connectivity index (χ3n) is 3.10. The molecule has 2 aromatic rings. The zero-order chi connectivity index (χ0) is 16.7. The summed E-state index contributed by atoms with van der Waals surface area (Å²) in [6, 6.07) is 9.62. The number of likely N-dealkylation sites (N-methyl/N-ethyl adjacent to an activating group) is 1. The average Bonchev–Trinajstić information content (AvgIpc) is 3.07. The number of carbonyl (C=O) groups is 1. The number of amides is 1. The van der Waals surface area contributed by atoms with Gasteiger partial charge in [-0.05, 0) is 42.8 Å². The van der Waals surface area contributed by atoms with Gasteiger partial charge in [0.1, 0.15) is 0 Å². The van der Waals surface area contributed by atoms with E-state index in [0.29, 0.717) is 18.7 Å². The second kappa shape index (κ2) is 8.21. The SMILES string of the molecule is CNCCNC(=O)c1ccc(S(=O)(=O)NCc2cccs2)cc1. The van der Waals surface area contributed by atoms with E-state index in [-0.39, 0.29) is 17.3 Å². The van der Waals surface area contributed by atoms with Gasteiger partial charge in [-0.1, -0.05) is 6.07 Å². The summed E-state index contributed by atoms with van der Waals surface area (Å²) >= 11 is 1.49. The van der Waals surface area contributed by atoms with Crippen LogP contribution in [0.2, 0.25) is 0 Å². The first kappa shape index (κ1) is 17.6. The van der Waals surface area contributed by atoms with E-state index in [1.165, 1.54) is 35.6 Å². The molecule has 0 bridgehead atoms. The molecule has 0 radical (unpaired) electrons. The van der Waals surface area contributed by atoms with Gasteiger partial charge in [0.15, 0.2) is 0 Å². The van der Waals surface area contributed by atoms with Crippen molar-refractivity contribution in [2.45, 2.75) is 11.4 Å². The van der Waals surface area contributed by atoms with Crippen LogP contribution < -0.4 is 15.4 Å². The zero-order valence-electron chi connectivity index (χ0n) is 12.7. The van der Waals surface area contributed by atoms with E-state index in [1.54, 1.807) is 7.05 Å². The van der Waals surface area contributed by atoms with Crippen LogP contribution >= 0.6 is 11.3 Å². The molecular formula is C15H19N3O3S2. The minimum atomic E-state index is -3.58. The monoisotopic (exact) mass is 353 g/mol. The molecule has 3 N–H and O–H groups in total. The molecular weight excluding hydrogens is 334 g/mol. The van der Waals surface area contributed by atoms with Crippen molar-refractivity contribution < 1.29 is 13.2 Å². The largest absolute Gasteiger partial charge is 0.351 e. The van der Waals surface area contributed by atoms with E-state index >= 15 is 0 Å². The number of hydrogen-bond acceptors (Lipinski definition) is 5. The summed E-state index contributed by atoms with van der Waals surface area (Å²) in [5, 5.41) is 7.56. The van der Waals surface area contributed by atoms with Crippen LogP contribution in [0.1, 0.15) is 15.2 Å². The standard InChI is InChI=1S/C15H19N3O3S2/c1-16-8-9-17-15(19)12-4-6-14(7-5-12)23(20,21)18-11-13-3-2-10-22-13/h2-7,10,16,18H,8-9,11H2,1H3,(H,17,19). The van der Waals surface area contributed by atoms with Crippen LogP contribution in [-0.2, 0) is 16.6 Å². The van der Waals surface area contributed by atoms with Crippen LogP contribution in [0.25, 0.3) is 0 Å². The lowest BCUT2D eigenvalue weighted by Gasteiger charge is -2.08. The molecule has 0 saturated heterocycles. The maximum Gasteiger partial charge on any atom is 0.251 e. The minimum absolute atomic E-state index is 0.140. The summed E-state index contributed by atoms with van der Waals surface area (Å²) < 4.78 is 27.0. The van der Waals surface area contributed by atoms with Gasteiger partial charge in [0, 0.05) is 30.1 Å². The smallest absolute Gasteiger partial charge is 0.251 e. The van der Waals surface area contributed by atoms with Crippen molar-refractivity contribution in [1.82, 2.24) is 15.4 Å². The number of carbonyl (C=O) groups excluding carboxylic acids is 1. The molecule has 0 atom stereocenters. The summed E-state index contributed by atoms with van der Waals surface area (Å²) in [6.07, 6.45) is 0. The molecule has 0 fully saturated rings. The van der Waals surface area contributed by atoms with Crippen molar-refractivity contribution in [3.05, 3.63) is 52.2 Å². The van der Waals surface area contributed by atoms with Crippen molar-refractivity contribution in [3.63, 3.8) is 0 Å². The molecule has 0 unspecified atom stereocenters. The molecule has 23 heavy (non-hydrogen) atoms. The molecule has 1 aromatic heterocycles. The Kier molecular flexibility index (Phi) is 6.28. The minimum Gasteiger partial charge on any atom is -0.351 e. The third-order valence-corrected chi connectivity index (χ3v) is 5.40. The summed E-state index contributed by atoms with van der Waals surface area (Å²) in [4.78, 5) is 12.9. The predicted molar refractivity (Wildman–Crippen MR) is 91.0 cm³/mol. The normalized spacial score (nSPS) is 11.3. The Hall–Kier alpha value is -1.74. The van der Waals surface area contributed by atoms with E-state index in [2.05, 4.69) is 15.4 Å². The lowest BCUT2D eigenvalue weighted by Crippen LogP contribution is -2.30. The Balaban J connectivity index is 1.98. The molecule has 1 heterocycles. The molecule has 0 aliphatic heterocycles. The van der Waals surface area contributed by atoms with Crippen LogP contribution in [0.15, 0.2) is 46.7 Å². The topological polar surface area (TPSA) is 87.3 Å². The summed E-state index contributed by atoms with van der Waals surface area (Å²) in [5.41, 5.74) is 0.429. The zero-order valence-corrected chi connectivity index (χ0v) is 14.3. The van der Waals surface area contributed by atoms with Crippen molar-refractivity contribution in [1.29, 1.82) is 0 Å². The molecule has 124 valence electrons. The highest BCUT2D eigenvalue weighted by Gasteiger charge is 2.14. The first-order valence-corrected chi connectivity index (χ1v) is 9.44. The fraction of sp³-hybridized carbons (Fsp3) is 0.267. The van der Waals surface area contributed by atoms with E-state index in [9.17, 15) is 13.2 Å². The fourth-order valence-electron chi connectivity index (χ4n) is 1.85. The van der Waals surface area contributed by atoms with Gasteiger partial charge in [-0.15, -0.1) is 11.3 Å². The summed E-state index contributed by atoms with van der Waals surface area (Å²) in [7, 11) is -1.78. The van der Waals surface area contributed by atoms with Gasteiger partial charge in [-0.25, -0.2) is 13.1 Å². The molecule has 1 amide bonds. The van der Waals surface area contributed by atoms with Gasteiger partial charge in [0.05, 0.1) is 4.90 Å². The Morgan fingerprint density at radius 1 is 1.13 bits per heavy atom. The number of thiophene rings is 1. The Labute approximate surface area is 140 Å². The third kappa shape index (κ3) is 5.14. The van der Waals surface area contributed by atoms with Gasteiger partial charge < -0.3 is 10.6 Å².